The lowest BCUT2D eigenvalue weighted by atomic mass is 9.95. The van der Waals surface area contributed by atoms with Crippen LogP contribution in [0.3, 0.4) is 0 Å². The van der Waals surface area contributed by atoms with E-state index < -0.39 is 11.8 Å². The number of ether oxygens (including phenoxy) is 1. The van der Waals surface area contributed by atoms with Crippen molar-refractivity contribution in [3.63, 3.8) is 0 Å². The molecule has 1 aliphatic heterocycles. The van der Waals surface area contributed by atoms with E-state index in [2.05, 4.69) is 10.2 Å². The number of carbonyl (C=O) groups excluding carboxylic acids is 3. The number of rotatable bonds is 5. The quantitative estimate of drug-likeness (QED) is 0.395. The summed E-state index contributed by atoms with van der Waals surface area (Å²) in [5.41, 5.74) is 2.09. The summed E-state index contributed by atoms with van der Waals surface area (Å²) < 4.78 is 23.2. The van der Waals surface area contributed by atoms with Crippen LogP contribution in [0, 0.1) is 11.7 Å². The molecular weight excluding hydrogens is 465 g/mol. The van der Waals surface area contributed by atoms with Crippen molar-refractivity contribution in [3.05, 3.63) is 48.5 Å². The van der Waals surface area contributed by atoms with E-state index in [0.29, 0.717) is 58.9 Å². The Morgan fingerprint density at radius 1 is 1.06 bits per heavy atom. The van der Waals surface area contributed by atoms with E-state index in [1.165, 1.54) is 28.6 Å². The molecule has 2 aromatic carbocycles. The Morgan fingerprint density at radius 2 is 1.83 bits per heavy atom. The predicted octanol–water partition coefficient (Wildman–Crippen LogP) is 3.65. The summed E-state index contributed by atoms with van der Waals surface area (Å²) in [7, 11) is 0. The van der Waals surface area contributed by atoms with Gasteiger partial charge in [0.2, 0.25) is 5.91 Å². The Morgan fingerprint density at radius 3 is 2.56 bits per heavy atom. The zero-order valence-corrected chi connectivity index (χ0v) is 20.1. The summed E-state index contributed by atoms with van der Waals surface area (Å²) in [5.74, 6) is -1.27. The van der Waals surface area contributed by atoms with Gasteiger partial charge in [-0.1, -0.05) is 12.1 Å². The van der Waals surface area contributed by atoms with E-state index >= 15 is 4.39 Å². The third-order valence-electron chi connectivity index (χ3n) is 6.72. The van der Waals surface area contributed by atoms with Crippen molar-refractivity contribution in [2.24, 2.45) is 5.92 Å². The van der Waals surface area contributed by atoms with Gasteiger partial charge >= 0.3 is 5.97 Å². The van der Waals surface area contributed by atoms with Gasteiger partial charge in [0, 0.05) is 42.3 Å². The molecule has 9 nitrogen and oxygen atoms in total. The normalized spacial score (nSPS) is 14.5. The summed E-state index contributed by atoms with van der Waals surface area (Å²) in [6.07, 6.45) is 4.21. The number of fused-ring (bicyclic) bond motifs is 2. The molecule has 0 spiro atoms. The van der Waals surface area contributed by atoms with Crippen molar-refractivity contribution in [1.82, 2.24) is 24.5 Å². The topological polar surface area (TPSA) is 99.3 Å². The maximum absolute atomic E-state index is 15.3. The number of halogens is 1. The van der Waals surface area contributed by atoms with Crippen LogP contribution in [0.2, 0.25) is 0 Å². The number of piperidine rings is 1. The Hall–Kier alpha value is -4.08. The first-order valence-electron chi connectivity index (χ1n) is 11.9. The molecule has 186 valence electrons. The van der Waals surface area contributed by atoms with E-state index in [9.17, 15) is 14.4 Å². The number of amides is 1. The molecule has 5 rings (SSSR count). The minimum absolute atomic E-state index is 0.00492. The highest BCUT2D eigenvalue weighted by molar-refractivity contribution is 5.99. The number of aromatic nitrogens is 4. The Bertz CT molecular complexity index is 1480. The van der Waals surface area contributed by atoms with Gasteiger partial charge in [0.05, 0.1) is 30.0 Å². The van der Waals surface area contributed by atoms with Crippen molar-refractivity contribution in [1.29, 1.82) is 0 Å². The average molecular weight is 492 g/mol. The molecule has 0 bridgehead atoms. The van der Waals surface area contributed by atoms with Gasteiger partial charge in [-0.05, 0) is 43.5 Å². The van der Waals surface area contributed by atoms with Crippen LogP contribution in [0.1, 0.15) is 31.5 Å². The van der Waals surface area contributed by atoms with Gasteiger partial charge in [-0.25, -0.2) is 4.39 Å². The fourth-order valence-corrected chi connectivity index (χ4v) is 4.84. The van der Waals surface area contributed by atoms with Crippen LogP contribution in [0.15, 0.2) is 42.7 Å². The Kier molecular flexibility index (Phi) is 6.26. The second kappa shape index (κ2) is 9.52. The first-order valence-corrected chi connectivity index (χ1v) is 11.9. The summed E-state index contributed by atoms with van der Waals surface area (Å²) in [6.45, 7) is 4.55. The zero-order valence-electron chi connectivity index (χ0n) is 20.1. The number of esters is 1. The molecule has 0 N–H and O–H groups in total. The molecule has 10 heteroatoms. The smallest absolute Gasteiger partial charge is 0.327 e. The van der Waals surface area contributed by atoms with E-state index in [-0.39, 0.29) is 30.9 Å². The second-order valence-corrected chi connectivity index (χ2v) is 8.91. The molecule has 0 radical (unpaired) electrons. The van der Waals surface area contributed by atoms with Crippen molar-refractivity contribution in [2.45, 2.75) is 33.2 Å². The summed E-state index contributed by atoms with van der Waals surface area (Å²) in [6, 6.07) is 8.38. The van der Waals surface area contributed by atoms with E-state index in [4.69, 9.17) is 4.74 Å². The molecular formula is C26H26FN5O4. The van der Waals surface area contributed by atoms with Crippen LogP contribution in [0.4, 0.5) is 4.39 Å². The van der Waals surface area contributed by atoms with Crippen molar-refractivity contribution >= 4 is 39.6 Å². The molecule has 1 saturated heterocycles. The number of benzene rings is 2. The number of hydrogen-bond acceptors (Lipinski definition) is 6. The van der Waals surface area contributed by atoms with Gasteiger partial charge in [-0.2, -0.15) is 14.9 Å². The van der Waals surface area contributed by atoms with Crippen LogP contribution in [0.25, 0.3) is 32.9 Å². The van der Waals surface area contributed by atoms with Gasteiger partial charge < -0.3 is 9.64 Å². The highest BCUT2D eigenvalue weighted by Crippen LogP contribution is 2.33. The lowest BCUT2D eigenvalue weighted by Crippen LogP contribution is -2.40. The van der Waals surface area contributed by atoms with Gasteiger partial charge in [-0.15, -0.1) is 0 Å². The molecule has 1 aliphatic rings. The lowest BCUT2D eigenvalue weighted by Gasteiger charge is -2.30. The highest BCUT2D eigenvalue weighted by atomic mass is 19.1. The van der Waals surface area contributed by atoms with Crippen LogP contribution >= 0.6 is 0 Å². The summed E-state index contributed by atoms with van der Waals surface area (Å²) in [4.78, 5) is 38.6. The zero-order chi connectivity index (χ0) is 25.4. The largest absolute Gasteiger partial charge is 0.465 e. The third kappa shape index (κ3) is 4.23. The number of likely N-dealkylation sites (tertiary alicyclic amines) is 1. The first kappa shape index (κ1) is 23.7. The summed E-state index contributed by atoms with van der Waals surface area (Å²) >= 11 is 0. The molecule has 0 aliphatic carbocycles. The molecule has 1 fully saturated rings. The van der Waals surface area contributed by atoms with Crippen LogP contribution < -0.4 is 0 Å². The third-order valence-corrected chi connectivity index (χ3v) is 6.72. The SMILES string of the molecule is CCOC(=O)Cn1ncc2c(-c3cc4c(cnn4C(=O)C4CCN(C(C)=O)CC4)cc3F)cccc21. The average Bonchev–Trinajstić information content (AvgIpc) is 3.47. The maximum atomic E-state index is 15.3. The predicted molar refractivity (Wildman–Crippen MR) is 131 cm³/mol. The Labute approximate surface area is 206 Å². The van der Waals surface area contributed by atoms with E-state index in [1.54, 1.807) is 36.2 Å². The Balaban J connectivity index is 1.50. The summed E-state index contributed by atoms with van der Waals surface area (Å²) in [5, 5.41) is 9.77. The molecule has 36 heavy (non-hydrogen) atoms. The molecule has 1 amide bonds. The maximum Gasteiger partial charge on any atom is 0.327 e. The van der Waals surface area contributed by atoms with E-state index in [1.807, 2.05) is 6.07 Å². The van der Waals surface area contributed by atoms with Crippen molar-refractivity contribution < 1.29 is 23.5 Å². The molecule has 2 aromatic heterocycles. The van der Waals surface area contributed by atoms with Crippen LogP contribution in [0.5, 0.6) is 0 Å². The molecule has 0 unspecified atom stereocenters. The van der Waals surface area contributed by atoms with Crippen LogP contribution in [-0.2, 0) is 20.9 Å². The molecule has 0 saturated carbocycles. The van der Waals surface area contributed by atoms with Crippen molar-refractivity contribution in [3.8, 4) is 11.1 Å². The fourth-order valence-electron chi connectivity index (χ4n) is 4.84. The molecule has 4 aromatic rings. The number of hydrogen-bond donors (Lipinski definition) is 0. The second-order valence-electron chi connectivity index (χ2n) is 8.91. The standard InChI is InChI=1S/C26H26FN5O4/c1-3-36-25(34)15-31-23-6-4-5-19(21(23)14-28-31)20-12-24-18(11-22(20)27)13-29-32(24)26(35)17-7-9-30(10-8-17)16(2)33/h4-6,11-14,17H,3,7-10,15H2,1-2H3. The van der Waals surface area contributed by atoms with Gasteiger partial charge in [0.1, 0.15) is 12.4 Å². The number of nitrogens with zero attached hydrogens (tertiary/aromatic N) is 5. The van der Waals surface area contributed by atoms with Gasteiger partial charge in [0.25, 0.3) is 5.91 Å². The molecule has 3 heterocycles. The van der Waals surface area contributed by atoms with Crippen molar-refractivity contribution in [2.75, 3.05) is 19.7 Å². The molecule has 0 atom stereocenters. The minimum atomic E-state index is -0.449. The lowest BCUT2D eigenvalue weighted by molar-refractivity contribution is -0.144. The van der Waals surface area contributed by atoms with Gasteiger partial charge in [0.15, 0.2) is 0 Å². The highest BCUT2D eigenvalue weighted by Gasteiger charge is 2.28. The minimum Gasteiger partial charge on any atom is -0.465 e. The first-order chi connectivity index (χ1) is 17.4. The van der Waals surface area contributed by atoms with E-state index in [0.717, 1.165) is 0 Å². The van der Waals surface area contributed by atoms with Gasteiger partial charge in [-0.3, -0.25) is 19.1 Å². The van der Waals surface area contributed by atoms with Crippen LogP contribution in [-0.4, -0.2) is 61.9 Å². The monoisotopic (exact) mass is 491 g/mol. The fraction of sp³-hybridized carbons (Fsp3) is 0.346. The number of carbonyl (C=O) groups is 3.